The lowest BCUT2D eigenvalue weighted by atomic mass is 10.2. The number of hydrogen-bond acceptors (Lipinski definition) is 5. The van der Waals surface area contributed by atoms with Crippen LogP contribution in [-0.4, -0.2) is 18.7 Å². The van der Waals surface area contributed by atoms with E-state index in [0.29, 0.717) is 18.2 Å². The molecule has 0 unspecified atom stereocenters. The van der Waals surface area contributed by atoms with Crippen LogP contribution in [0, 0.1) is 11.3 Å². The molecule has 1 aromatic heterocycles. The van der Waals surface area contributed by atoms with Crippen LogP contribution < -0.4 is 14.8 Å². The van der Waals surface area contributed by atoms with Gasteiger partial charge in [0.1, 0.15) is 11.8 Å². The Kier molecular flexibility index (Phi) is 4.79. The van der Waals surface area contributed by atoms with E-state index in [0.717, 1.165) is 11.3 Å². The summed E-state index contributed by atoms with van der Waals surface area (Å²) in [6.45, 7) is 0.699. The van der Waals surface area contributed by atoms with Gasteiger partial charge < -0.3 is 14.8 Å². The summed E-state index contributed by atoms with van der Waals surface area (Å²) in [5, 5.41) is 11.8. The van der Waals surface area contributed by atoms with Crippen molar-refractivity contribution in [2.75, 3.05) is 19.0 Å². The largest absolute Gasteiger partial charge is 0.481 e. The second kappa shape index (κ2) is 7.00. The number of benzene rings is 1. The normalized spacial score (nSPS) is 9.60. The third-order valence-corrected chi connectivity index (χ3v) is 2.64. The summed E-state index contributed by atoms with van der Waals surface area (Å²) >= 11 is 0. The van der Waals surface area contributed by atoms with E-state index in [1.165, 1.54) is 0 Å². The predicted molar refractivity (Wildman–Crippen MR) is 75.7 cm³/mol. The van der Waals surface area contributed by atoms with Crippen LogP contribution in [0.15, 0.2) is 42.6 Å². The topological polar surface area (TPSA) is 67.2 Å². The number of methoxy groups -OCH3 is 1. The molecule has 0 bridgehead atoms. The number of pyridine rings is 1. The number of aromatic nitrogens is 1. The number of ether oxygens (including phenoxy) is 2. The summed E-state index contributed by atoms with van der Waals surface area (Å²) in [5.74, 6) is 1.27. The molecule has 5 heteroatoms. The van der Waals surface area contributed by atoms with Crippen molar-refractivity contribution in [1.82, 2.24) is 4.98 Å². The Morgan fingerprint density at radius 2 is 2.20 bits per heavy atom. The van der Waals surface area contributed by atoms with Gasteiger partial charge in [0.15, 0.2) is 6.61 Å². The van der Waals surface area contributed by atoms with Gasteiger partial charge in [-0.3, -0.25) is 0 Å². The molecule has 1 aromatic carbocycles. The predicted octanol–water partition coefficient (Wildman–Crippen LogP) is 2.60. The first-order chi connectivity index (χ1) is 9.81. The van der Waals surface area contributed by atoms with Crippen molar-refractivity contribution in [3.8, 4) is 17.7 Å². The maximum atomic E-state index is 8.48. The fourth-order valence-electron chi connectivity index (χ4n) is 1.65. The minimum atomic E-state index is 0.0475. The number of nitrogens with one attached hydrogen (secondary N) is 1. The molecule has 0 spiro atoms. The summed E-state index contributed by atoms with van der Waals surface area (Å²) in [4.78, 5) is 4.14. The Labute approximate surface area is 117 Å². The lowest BCUT2D eigenvalue weighted by molar-refractivity contribution is 0.368. The quantitative estimate of drug-likeness (QED) is 0.873. The van der Waals surface area contributed by atoms with Gasteiger partial charge in [0, 0.05) is 30.6 Å². The molecule has 20 heavy (non-hydrogen) atoms. The maximum Gasteiger partial charge on any atom is 0.212 e. The van der Waals surface area contributed by atoms with E-state index in [1.54, 1.807) is 13.3 Å². The molecule has 0 radical (unpaired) electrons. The highest BCUT2D eigenvalue weighted by atomic mass is 16.5. The van der Waals surface area contributed by atoms with Crippen molar-refractivity contribution in [2.24, 2.45) is 0 Å². The Morgan fingerprint density at radius 1 is 1.30 bits per heavy atom. The van der Waals surface area contributed by atoms with Crippen LogP contribution in [0.25, 0.3) is 0 Å². The molecule has 1 heterocycles. The average Bonchev–Trinajstić information content (AvgIpc) is 2.52. The van der Waals surface area contributed by atoms with E-state index in [1.807, 2.05) is 42.5 Å². The Balaban J connectivity index is 1.94. The van der Waals surface area contributed by atoms with Crippen LogP contribution in [0.2, 0.25) is 0 Å². The molecule has 2 aromatic rings. The van der Waals surface area contributed by atoms with Gasteiger partial charge in [0.05, 0.1) is 7.11 Å². The molecule has 0 saturated heterocycles. The molecule has 0 aliphatic carbocycles. The van der Waals surface area contributed by atoms with Crippen LogP contribution in [0.4, 0.5) is 5.69 Å². The molecular weight excluding hydrogens is 254 g/mol. The first-order valence-electron chi connectivity index (χ1n) is 6.14. The van der Waals surface area contributed by atoms with Gasteiger partial charge in [-0.15, -0.1) is 0 Å². The minimum Gasteiger partial charge on any atom is -0.481 e. The van der Waals surface area contributed by atoms with Gasteiger partial charge in [-0.1, -0.05) is 12.1 Å². The van der Waals surface area contributed by atoms with Crippen LogP contribution in [0.1, 0.15) is 5.56 Å². The Hall–Kier alpha value is -2.74. The van der Waals surface area contributed by atoms with Crippen molar-refractivity contribution in [1.29, 1.82) is 5.26 Å². The third-order valence-electron chi connectivity index (χ3n) is 2.64. The average molecular weight is 269 g/mol. The van der Waals surface area contributed by atoms with E-state index in [2.05, 4.69) is 10.3 Å². The molecule has 0 amide bonds. The van der Waals surface area contributed by atoms with Gasteiger partial charge in [-0.25, -0.2) is 4.98 Å². The zero-order valence-corrected chi connectivity index (χ0v) is 11.2. The van der Waals surface area contributed by atoms with Crippen LogP contribution in [-0.2, 0) is 6.54 Å². The number of nitrogens with zero attached hydrogens (tertiary/aromatic N) is 2. The van der Waals surface area contributed by atoms with E-state index in [9.17, 15) is 0 Å². The molecule has 0 aliphatic rings. The smallest absolute Gasteiger partial charge is 0.212 e. The molecule has 102 valence electrons. The highest BCUT2D eigenvalue weighted by Gasteiger charge is 1.98. The molecule has 0 fully saturated rings. The second-order valence-electron chi connectivity index (χ2n) is 4.04. The lowest BCUT2D eigenvalue weighted by Gasteiger charge is -2.08. The maximum absolute atomic E-state index is 8.48. The third kappa shape index (κ3) is 3.89. The van der Waals surface area contributed by atoms with E-state index in [4.69, 9.17) is 14.7 Å². The lowest BCUT2D eigenvalue weighted by Crippen LogP contribution is -2.01. The number of rotatable bonds is 6. The van der Waals surface area contributed by atoms with Gasteiger partial charge in [0.25, 0.3) is 0 Å². The van der Waals surface area contributed by atoms with Gasteiger partial charge >= 0.3 is 0 Å². The highest BCUT2D eigenvalue weighted by Crippen LogP contribution is 2.18. The minimum absolute atomic E-state index is 0.0475. The summed E-state index contributed by atoms with van der Waals surface area (Å²) in [6.07, 6.45) is 1.77. The zero-order chi connectivity index (χ0) is 14.2. The van der Waals surface area contributed by atoms with Crippen LogP contribution >= 0.6 is 0 Å². The molecule has 0 saturated carbocycles. The SMILES string of the molecule is COc1ccc(CNc2cccc(OCC#N)c2)cn1. The molecule has 5 nitrogen and oxygen atoms in total. The summed E-state index contributed by atoms with van der Waals surface area (Å²) in [5.41, 5.74) is 1.98. The van der Waals surface area contributed by atoms with Crippen molar-refractivity contribution in [3.63, 3.8) is 0 Å². The monoisotopic (exact) mass is 269 g/mol. The summed E-state index contributed by atoms with van der Waals surface area (Å²) in [7, 11) is 1.59. The van der Waals surface area contributed by atoms with E-state index in [-0.39, 0.29) is 6.61 Å². The zero-order valence-electron chi connectivity index (χ0n) is 11.2. The second-order valence-corrected chi connectivity index (χ2v) is 4.04. The number of nitriles is 1. The molecule has 1 N–H and O–H groups in total. The van der Waals surface area contributed by atoms with Crippen LogP contribution in [0.3, 0.4) is 0 Å². The fraction of sp³-hybridized carbons (Fsp3) is 0.200. The van der Waals surface area contributed by atoms with Crippen molar-refractivity contribution in [2.45, 2.75) is 6.54 Å². The molecule has 2 rings (SSSR count). The van der Waals surface area contributed by atoms with Crippen LogP contribution in [0.5, 0.6) is 11.6 Å². The molecule has 0 aliphatic heterocycles. The molecular formula is C15H15N3O2. The van der Waals surface area contributed by atoms with Crippen molar-refractivity contribution in [3.05, 3.63) is 48.2 Å². The van der Waals surface area contributed by atoms with E-state index >= 15 is 0 Å². The standard InChI is InChI=1S/C15H15N3O2/c1-19-15-6-5-12(11-18-15)10-17-13-3-2-4-14(9-13)20-8-7-16/h2-6,9,11,17H,8,10H2,1H3. The van der Waals surface area contributed by atoms with E-state index < -0.39 is 0 Å². The fourth-order valence-corrected chi connectivity index (χ4v) is 1.65. The van der Waals surface area contributed by atoms with Crippen molar-refractivity contribution < 1.29 is 9.47 Å². The summed E-state index contributed by atoms with van der Waals surface area (Å²) < 4.78 is 10.3. The first-order valence-corrected chi connectivity index (χ1v) is 6.14. The first kappa shape index (κ1) is 13.7. The van der Waals surface area contributed by atoms with Gasteiger partial charge in [0.2, 0.25) is 5.88 Å². The summed E-state index contributed by atoms with van der Waals surface area (Å²) in [6, 6.07) is 13.2. The Morgan fingerprint density at radius 3 is 2.90 bits per heavy atom. The highest BCUT2D eigenvalue weighted by molar-refractivity contribution is 5.48. The number of anilines is 1. The molecule has 0 atom stereocenters. The number of hydrogen-bond donors (Lipinski definition) is 1. The Bertz CT molecular complexity index is 591. The van der Waals surface area contributed by atoms with Gasteiger partial charge in [-0.05, 0) is 17.7 Å². The van der Waals surface area contributed by atoms with Gasteiger partial charge in [-0.2, -0.15) is 5.26 Å². The van der Waals surface area contributed by atoms with Crippen molar-refractivity contribution >= 4 is 5.69 Å².